The third kappa shape index (κ3) is 3.47. The number of H-pyrrole nitrogens is 1. The van der Waals surface area contributed by atoms with Crippen molar-refractivity contribution in [3.05, 3.63) is 58.9 Å². The van der Waals surface area contributed by atoms with Crippen molar-refractivity contribution >= 4 is 27.0 Å². The molecule has 8 heteroatoms. The van der Waals surface area contributed by atoms with E-state index < -0.39 is 10.0 Å². The Morgan fingerprint density at radius 2 is 1.92 bits per heavy atom. The van der Waals surface area contributed by atoms with E-state index in [4.69, 9.17) is 0 Å². The Labute approximate surface area is 151 Å². The van der Waals surface area contributed by atoms with E-state index >= 15 is 0 Å². The van der Waals surface area contributed by atoms with Crippen LogP contribution in [-0.4, -0.2) is 31.3 Å². The molecule has 136 valence electrons. The number of imidazole rings is 1. The van der Waals surface area contributed by atoms with Gasteiger partial charge in [0.2, 0.25) is 10.0 Å². The molecule has 0 unspecified atom stereocenters. The lowest BCUT2D eigenvalue weighted by Crippen LogP contribution is -2.25. The van der Waals surface area contributed by atoms with Crippen molar-refractivity contribution < 1.29 is 13.2 Å². The van der Waals surface area contributed by atoms with E-state index in [0.717, 1.165) is 16.6 Å². The molecule has 26 heavy (non-hydrogen) atoms. The molecule has 0 saturated heterocycles. The van der Waals surface area contributed by atoms with Gasteiger partial charge in [0.05, 0.1) is 22.5 Å². The van der Waals surface area contributed by atoms with Gasteiger partial charge in [0.1, 0.15) is 5.82 Å². The van der Waals surface area contributed by atoms with Crippen molar-refractivity contribution in [3.8, 4) is 0 Å². The number of benzene rings is 2. The Bertz CT molecular complexity index is 1050. The van der Waals surface area contributed by atoms with Crippen LogP contribution in [0.1, 0.15) is 27.3 Å². The van der Waals surface area contributed by atoms with Crippen LogP contribution < -0.4 is 10.0 Å². The molecule has 0 aliphatic carbocycles. The summed E-state index contributed by atoms with van der Waals surface area (Å²) in [6.45, 7) is 3.71. The number of amides is 1. The Balaban J connectivity index is 1.83. The Morgan fingerprint density at radius 3 is 2.62 bits per heavy atom. The van der Waals surface area contributed by atoms with Gasteiger partial charge in [-0.05, 0) is 56.3 Å². The minimum Gasteiger partial charge on any atom is -0.345 e. The number of nitrogens with zero attached hydrogens (tertiary/aromatic N) is 1. The van der Waals surface area contributed by atoms with Gasteiger partial charge in [0, 0.05) is 5.56 Å². The van der Waals surface area contributed by atoms with E-state index in [0.29, 0.717) is 11.4 Å². The average molecular weight is 372 g/mol. The van der Waals surface area contributed by atoms with Crippen molar-refractivity contribution in [2.75, 3.05) is 7.05 Å². The van der Waals surface area contributed by atoms with Crippen LogP contribution in [0, 0.1) is 13.8 Å². The number of hydrogen-bond donors (Lipinski definition) is 3. The average Bonchev–Trinajstić information content (AvgIpc) is 3.04. The highest BCUT2D eigenvalue weighted by Gasteiger charge is 2.19. The Hall–Kier alpha value is -2.71. The van der Waals surface area contributed by atoms with Crippen molar-refractivity contribution in [2.45, 2.75) is 25.3 Å². The van der Waals surface area contributed by atoms with Crippen LogP contribution in [0.25, 0.3) is 11.0 Å². The first-order chi connectivity index (χ1) is 12.3. The third-order valence-electron chi connectivity index (χ3n) is 4.29. The summed E-state index contributed by atoms with van der Waals surface area (Å²) in [6.07, 6.45) is 0. The van der Waals surface area contributed by atoms with Gasteiger partial charge in [-0.15, -0.1) is 0 Å². The number of nitrogens with one attached hydrogen (secondary N) is 3. The van der Waals surface area contributed by atoms with Crippen molar-refractivity contribution in [2.24, 2.45) is 0 Å². The molecule has 0 aliphatic rings. The lowest BCUT2D eigenvalue weighted by Gasteiger charge is -2.12. The molecule has 1 heterocycles. The van der Waals surface area contributed by atoms with E-state index in [1.807, 2.05) is 24.3 Å². The maximum Gasteiger partial charge on any atom is 0.251 e. The summed E-state index contributed by atoms with van der Waals surface area (Å²) in [4.78, 5) is 20.1. The zero-order chi connectivity index (χ0) is 18.9. The monoisotopic (exact) mass is 372 g/mol. The smallest absolute Gasteiger partial charge is 0.251 e. The molecule has 3 aromatic rings. The molecular formula is C18H20N4O3S. The minimum atomic E-state index is -3.64. The fraction of sp³-hybridized carbons (Fsp3) is 0.222. The second-order valence-corrected chi connectivity index (χ2v) is 7.86. The van der Waals surface area contributed by atoms with Gasteiger partial charge in [-0.3, -0.25) is 4.79 Å². The summed E-state index contributed by atoms with van der Waals surface area (Å²) in [5.41, 5.74) is 3.36. The van der Waals surface area contributed by atoms with E-state index in [2.05, 4.69) is 20.0 Å². The second-order valence-electron chi connectivity index (χ2n) is 6.01. The number of aromatic amines is 1. The number of rotatable bonds is 5. The van der Waals surface area contributed by atoms with Crippen LogP contribution in [0.15, 0.2) is 41.3 Å². The molecule has 0 radical (unpaired) electrons. The molecule has 0 aliphatic heterocycles. The van der Waals surface area contributed by atoms with Gasteiger partial charge in [-0.1, -0.05) is 12.1 Å². The Morgan fingerprint density at radius 1 is 1.19 bits per heavy atom. The highest BCUT2D eigenvalue weighted by Crippen LogP contribution is 2.21. The van der Waals surface area contributed by atoms with Crippen LogP contribution in [0.5, 0.6) is 0 Å². The Kier molecular flexibility index (Phi) is 4.80. The van der Waals surface area contributed by atoms with Gasteiger partial charge < -0.3 is 10.3 Å². The number of aromatic nitrogens is 2. The van der Waals surface area contributed by atoms with E-state index in [1.165, 1.54) is 13.1 Å². The highest BCUT2D eigenvalue weighted by molar-refractivity contribution is 7.89. The molecule has 0 spiro atoms. The number of fused-ring (bicyclic) bond motifs is 1. The maximum atomic E-state index is 12.5. The minimum absolute atomic E-state index is 0.105. The highest BCUT2D eigenvalue weighted by atomic mass is 32.2. The van der Waals surface area contributed by atoms with Crippen LogP contribution in [0.4, 0.5) is 0 Å². The fourth-order valence-corrected chi connectivity index (χ4v) is 3.77. The summed E-state index contributed by atoms with van der Waals surface area (Å²) >= 11 is 0. The predicted molar refractivity (Wildman–Crippen MR) is 99.4 cm³/mol. The SMILES string of the molecule is CNS(=O)(=O)c1cc(C(=O)NCc2nc3ccccc3[nH]2)cc(C)c1C. The summed E-state index contributed by atoms with van der Waals surface area (Å²) in [5.74, 6) is 0.271. The quantitative estimate of drug-likeness (QED) is 0.637. The lowest BCUT2D eigenvalue weighted by atomic mass is 10.1. The molecule has 0 saturated carbocycles. The zero-order valence-corrected chi connectivity index (χ0v) is 15.6. The second kappa shape index (κ2) is 6.89. The number of para-hydroxylation sites is 2. The van der Waals surface area contributed by atoms with Gasteiger partial charge in [0.25, 0.3) is 5.91 Å². The molecule has 1 aromatic heterocycles. The normalized spacial score (nSPS) is 11.7. The first kappa shape index (κ1) is 18.1. The molecule has 3 rings (SSSR count). The van der Waals surface area contributed by atoms with Gasteiger partial charge in [-0.2, -0.15) is 0 Å². The summed E-state index contributed by atoms with van der Waals surface area (Å²) in [5, 5.41) is 2.77. The van der Waals surface area contributed by atoms with E-state index in [9.17, 15) is 13.2 Å². The molecule has 3 N–H and O–H groups in total. The molecule has 2 aromatic carbocycles. The third-order valence-corrected chi connectivity index (χ3v) is 5.84. The number of carbonyl (C=O) groups is 1. The van der Waals surface area contributed by atoms with E-state index in [1.54, 1.807) is 19.9 Å². The molecule has 1 amide bonds. The molecule has 0 bridgehead atoms. The van der Waals surface area contributed by atoms with Crippen LogP contribution in [0.2, 0.25) is 0 Å². The number of hydrogen-bond acceptors (Lipinski definition) is 4. The first-order valence-electron chi connectivity index (χ1n) is 8.08. The zero-order valence-electron chi connectivity index (χ0n) is 14.8. The molecule has 7 nitrogen and oxygen atoms in total. The fourth-order valence-electron chi connectivity index (χ4n) is 2.70. The number of aryl methyl sites for hydroxylation is 1. The van der Waals surface area contributed by atoms with Crippen LogP contribution in [0.3, 0.4) is 0 Å². The lowest BCUT2D eigenvalue weighted by molar-refractivity contribution is 0.0949. The first-order valence-corrected chi connectivity index (χ1v) is 9.57. The molecular weight excluding hydrogens is 352 g/mol. The van der Waals surface area contributed by atoms with Crippen molar-refractivity contribution in [1.29, 1.82) is 0 Å². The van der Waals surface area contributed by atoms with Crippen LogP contribution in [-0.2, 0) is 16.6 Å². The summed E-state index contributed by atoms with van der Waals surface area (Å²) in [6, 6.07) is 10.7. The van der Waals surface area contributed by atoms with E-state index in [-0.39, 0.29) is 22.9 Å². The van der Waals surface area contributed by atoms with Crippen molar-refractivity contribution in [1.82, 2.24) is 20.0 Å². The topological polar surface area (TPSA) is 104 Å². The van der Waals surface area contributed by atoms with Gasteiger partial charge in [-0.25, -0.2) is 18.1 Å². The largest absolute Gasteiger partial charge is 0.345 e. The van der Waals surface area contributed by atoms with Crippen LogP contribution >= 0.6 is 0 Å². The number of sulfonamides is 1. The van der Waals surface area contributed by atoms with Gasteiger partial charge in [0.15, 0.2) is 0 Å². The predicted octanol–water partition coefficient (Wildman–Crippen LogP) is 2.02. The number of carbonyl (C=O) groups excluding carboxylic acids is 1. The standard InChI is InChI=1S/C18H20N4O3S/c1-11-8-13(9-16(12(11)2)26(24,25)19-3)18(23)20-10-17-21-14-6-4-5-7-15(14)22-17/h4-9,19H,10H2,1-3H3,(H,20,23)(H,21,22). The summed E-state index contributed by atoms with van der Waals surface area (Å²) < 4.78 is 26.6. The maximum absolute atomic E-state index is 12.5. The molecule has 0 fully saturated rings. The summed E-state index contributed by atoms with van der Waals surface area (Å²) in [7, 11) is -2.29. The van der Waals surface area contributed by atoms with Gasteiger partial charge >= 0.3 is 0 Å². The molecule has 0 atom stereocenters. The van der Waals surface area contributed by atoms with Crippen molar-refractivity contribution in [3.63, 3.8) is 0 Å².